The van der Waals surface area contributed by atoms with E-state index < -0.39 is 0 Å². The molecule has 1 rings (SSSR count). The molecule has 0 aliphatic carbocycles. The highest BCUT2D eigenvalue weighted by Crippen LogP contribution is 2.11. The van der Waals surface area contributed by atoms with Crippen molar-refractivity contribution in [2.75, 3.05) is 26.7 Å². The molecule has 0 atom stereocenters. The zero-order chi connectivity index (χ0) is 13.2. The van der Waals surface area contributed by atoms with Crippen molar-refractivity contribution in [3.05, 3.63) is 34.3 Å². The average molecular weight is 313 g/mol. The third kappa shape index (κ3) is 7.14. The smallest absolute Gasteiger partial charge is 0.0231 e. The largest absolute Gasteiger partial charge is 0.315 e. The summed E-state index contributed by atoms with van der Waals surface area (Å²) >= 11 is 3.46. The van der Waals surface area contributed by atoms with Crippen molar-refractivity contribution in [2.24, 2.45) is 0 Å². The molecular formula is C15H25BrN2. The van der Waals surface area contributed by atoms with E-state index in [1.54, 1.807) is 0 Å². The van der Waals surface area contributed by atoms with Gasteiger partial charge in [0.1, 0.15) is 0 Å². The van der Waals surface area contributed by atoms with Crippen LogP contribution in [0.15, 0.2) is 28.7 Å². The summed E-state index contributed by atoms with van der Waals surface area (Å²) in [5.74, 6) is 0. The maximum atomic E-state index is 3.50. The molecule has 0 bridgehead atoms. The number of hydrogen-bond donors (Lipinski definition) is 1. The molecular weight excluding hydrogens is 288 g/mol. The summed E-state index contributed by atoms with van der Waals surface area (Å²) in [7, 11) is 2.18. The van der Waals surface area contributed by atoms with Gasteiger partial charge in [-0.05, 0) is 37.7 Å². The minimum absolute atomic E-state index is 1.02. The molecule has 0 saturated carbocycles. The maximum absolute atomic E-state index is 3.50. The van der Waals surface area contributed by atoms with Crippen molar-refractivity contribution >= 4 is 15.9 Å². The number of rotatable bonds is 9. The van der Waals surface area contributed by atoms with Gasteiger partial charge < -0.3 is 10.2 Å². The third-order valence-corrected chi connectivity index (χ3v) is 3.52. The Balaban J connectivity index is 2.10. The number of halogens is 1. The van der Waals surface area contributed by atoms with Crippen LogP contribution in [0.25, 0.3) is 0 Å². The number of benzene rings is 1. The zero-order valence-corrected chi connectivity index (χ0v) is 13.2. The van der Waals surface area contributed by atoms with Gasteiger partial charge >= 0.3 is 0 Å². The Hall–Kier alpha value is -0.380. The Morgan fingerprint density at radius 1 is 1.11 bits per heavy atom. The molecule has 0 amide bonds. The normalized spacial score (nSPS) is 11.1. The van der Waals surface area contributed by atoms with Crippen LogP contribution >= 0.6 is 15.9 Å². The van der Waals surface area contributed by atoms with Crippen molar-refractivity contribution in [3.63, 3.8) is 0 Å². The number of hydrogen-bond acceptors (Lipinski definition) is 2. The first-order valence-corrected chi connectivity index (χ1v) is 7.65. The summed E-state index contributed by atoms with van der Waals surface area (Å²) in [5.41, 5.74) is 1.37. The number of unbranched alkanes of at least 4 members (excludes halogenated alkanes) is 2. The van der Waals surface area contributed by atoms with Crippen molar-refractivity contribution < 1.29 is 0 Å². The lowest BCUT2D eigenvalue weighted by molar-refractivity contribution is 0.324. The van der Waals surface area contributed by atoms with Crippen LogP contribution in [0, 0.1) is 0 Å². The van der Waals surface area contributed by atoms with Crippen LogP contribution in [0.2, 0.25) is 0 Å². The van der Waals surface area contributed by atoms with E-state index in [9.17, 15) is 0 Å². The van der Waals surface area contributed by atoms with E-state index in [4.69, 9.17) is 0 Å². The van der Waals surface area contributed by atoms with E-state index in [-0.39, 0.29) is 0 Å². The van der Waals surface area contributed by atoms with Gasteiger partial charge in [0.25, 0.3) is 0 Å². The Morgan fingerprint density at radius 3 is 2.50 bits per heavy atom. The van der Waals surface area contributed by atoms with Gasteiger partial charge in [-0.15, -0.1) is 0 Å². The Kier molecular flexibility index (Phi) is 8.31. The minimum Gasteiger partial charge on any atom is -0.315 e. The zero-order valence-electron chi connectivity index (χ0n) is 11.6. The fourth-order valence-corrected chi connectivity index (χ4v) is 2.14. The van der Waals surface area contributed by atoms with Gasteiger partial charge in [0.2, 0.25) is 0 Å². The standard InChI is InChI=1S/C15H25BrN2/c1-3-4-5-10-17-11-12-18(2)13-14-6-8-15(16)9-7-14/h6-9,17H,3-5,10-13H2,1-2H3. The molecule has 0 spiro atoms. The van der Waals surface area contributed by atoms with Gasteiger partial charge in [-0.1, -0.05) is 47.8 Å². The van der Waals surface area contributed by atoms with Gasteiger partial charge in [0.15, 0.2) is 0 Å². The first kappa shape index (κ1) is 15.7. The topological polar surface area (TPSA) is 15.3 Å². The Morgan fingerprint density at radius 2 is 1.83 bits per heavy atom. The molecule has 0 radical (unpaired) electrons. The van der Waals surface area contributed by atoms with Gasteiger partial charge in [-0.3, -0.25) is 0 Å². The Bertz CT molecular complexity index is 311. The highest BCUT2D eigenvalue weighted by atomic mass is 79.9. The highest BCUT2D eigenvalue weighted by Gasteiger charge is 1.99. The second-order valence-electron chi connectivity index (χ2n) is 4.82. The van der Waals surface area contributed by atoms with E-state index in [1.807, 2.05) is 0 Å². The molecule has 18 heavy (non-hydrogen) atoms. The van der Waals surface area contributed by atoms with Crippen molar-refractivity contribution in [1.29, 1.82) is 0 Å². The maximum Gasteiger partial charge on any atom is 0.0231 e. The molecule has 0 aliphatic heterocycles. The molecule has 0 aromatic heterocycles. The lowest BCUT2D eigenvalue weighted by atomic mass is 10.2. The monoisotopic (exact) mass is 312 g/mol. The van der Waals surface area contributed by atoms with E-state index >= 15 is 0 Å². The molecule has 0 saturated heterocycles. The number of nitrogens with zero attached hydrogens (tertiary/aromatic N) is 1. The molecule has 1 aromatic carbocycles. The van der Waals surface area contributed by atoms with Crippen LogP contribution in [0.3, 0.4) is 0 Å². The molecule has 0 aliphatic rings. The SMILES string of the molecule is CCCCCNCCN(C)Cc1ccc(Br)cc1. The van der Waals surface area contributed by atoms with Crippen LogP contribution in [0.5, 0.6) is 0 Å². The lowest BCUT2D eigenvalue weighted by Crippen LogP contribution is -2.29. The molecule has 0 heterocycles. The first-order chi connectivity index (χ1) is 8.72. The molecule has 102 valence electrons. The molecule has 0 fully saturated rings. The summed E-state index contributed by atoms with van der Waals surface area (Å²) in [6, 6.07) is 8.56. The molecule has 1 aromatic rings. The average Bonchev–Trinajstić information content (AvgIpc) is 2.36. The van der Waals surface area contributed by atoms with Crippen LogP contribution in [-0.4, -0.2) is 31.6 Å². The Labute approximate surface area is 120 Å². The summed E-state index contributed by atoms with van der Waals surface area (Å²) < 4.78 is 1.14. The van der Waals surface area contributed by atoms with Crippen LogP contribution < -0.4 is 5.32 Å². The predicted octanol–water partition coefficient (Wildman–Crippen LogP) is 3.66. The minimum atomic E-state index is 1.02. The lowest BCUT2D eigenvalue weighted by Gasteiger charge is -2.17. The van der Waals surface area contributed by atoms with Gasteiger partial charge in [0, 0.05) is 24.1 Å². The fourth-order valence-electron chi connectivity index (χ4n) is 1.88. The summed E-state index contributed by atoms with van der Waals surface area (Å²) in [6.07, 6.45) is 3.93. The number of nitrogens with one attached hydrogen (secondary N) is 1. The van der Waals surface area contributed by atoms with Crippen LogP contribution in [-0.2, 0) is 6.54 Å². The highest BCUT2D eigenvalue weighted by molar-refractivity contribution is 9.10. The van der Waals surface area contributed by atoms with E-state index in [1.165, 1.54) is 24.8 Å². The summed E-state index contributed by atoms with van der Waals surface area (Å²) in [5, 5.41) is 3.50. The third-order valence-electron chi connectivity index (χ3n) is 2.99. The van der Waals surface area contributed by atoms with E-state index in [2.05, 4.69) is 64.4 Å². The second kappa shape index (κ2) is 9.54. The molecule has 3 heteroatoms. The van der Waals surface area contributed by atoms with Crippen LogP contribution in [0.4, 0.5) is 0 Å². The van der Waals surface area contributed by atoms with Crippen molar-refractivity contribution in [1.82, 2.24) is 10.2 Å². The molecule has 0 unspecified atom stereocenters. The van der Waals surface area contributed by atoms with Gasteiger partial charge in [0.05, 0.1) is 0 Å². The molecule has 1 N–H and O–H groups in total. The quantitative estimate of drug-likeness (QED) is 0.700. The number of likely N-dealkylation sites (N-methyl/N-ethyl adjacent to an activating group) is 1. The molecule has 2 nitrogen and oxygen atoms in total. The van der Waals surface area contributed by atoms with Crippen LogP contribution in [0.1, 0.15) is 31.7 Å². The first-order valence-electron chi connectivity index (χ1n) is 6.86. The predicted molar refractivity (Wildman–Crippen MR) is 82.9 cm³/mol. The van der Waals surface area contributed by atoms with Crippen molar-refractivity contribution in [3.8, 4) is 0 Å². The van der Waals surface area contributed by atoms with E-state index in [0.29, 0.717) is 0 Å². The van der Waals surface area contributed by atoms with Gasteiger partial charge in [-0.25, -0.2) is 0 Å². The fraction of sp³-hybridized carbons (Fsp3) is 0.600. The second-order valence-corrected chi connectivity index (χ2v) is 5.74. The summed E-state index contributed by atoms with van der Waals surface area (Å²) in [6.45, 7) is 6.59. The van der Waals surface area contributed by atoms with Gasteiger partial charge in [-0.2, -0.15) is 0 Å². The van der Waals surface area contributed by atoms with E-state index in [0.717, 1.165) is 30.7 Å². The van der Waals surface area contributed by atoms with Crippen molar-refractivity contribution in [2.45, 2.75) is 32.7 Å². The summed E-state index contributed by atoms with van der Waals surface area (Å²) in [4.78, 5) is 2.36.